The molecule has 0 aliphatic carbocycles. The zero-order valence-corrected chi connectivity index (χ0v) is 22.2. The van der Waals surface area contributed by atoms with Crippen LogP contribution in [-0.2, 0) is 16.6 Å². The smallest absolute Gasteiger partial charge is 0.250 e. The van der Waals surface area contributed by atoms with E-state index in [-0.39, 0.29) is 11.7 Å². The van der Waals surface area contributed by atoms with E-state index in [1.165, 1.54) is 12.8 Å². The molecule has 1 aromatic carbocycles. The molecule has 1 amide bonds. The Bertz CT molecular complexity index is 1190. The van der Waals surface area contributed by atoms with Gasteiger partial charge in [-0.05, 0) is 69.3 Å². The molecule has 190 valence electrons. The van der Waals surface area contributed by atoms with Crippen molar-refractivity contribution in [1.82, 2.24) is 14.2 Å². The van der Waals surface area contributed by atoms with Gasteiger partial charge in [0.05, 0.1) is 22.7 Å². The molecule has 0 unspecified atom stereocenters. The first-order valence-electron chi connectivity index (χ1n) is 12.2. The Labute approximate surface area is 212 Å². The minimum atomic E-state index is -3.20. The molecule has 2 saturated heterocycles. The van der Waals surface area contributed by atoms with Crippen molar-refractivity contribution in [2.75, 3.05) is 44.3 Å². The molecular formula is C25H35N5O3S2. The van der Waals surface area contributed by atoms with Crippen LogP contribution in [0.25, 0.3) is 16.1 Å². The van der Waals surface area contributed by atoms with Gasteiger partial charge in [-0.15, -0.1) is 11.3 Å². The number of hydrogen-bond acceptors (Lipinski definition) is 7. The highest BCUT2D eigenvalue weighted by molar-refractivity contribution is 7.89. The topological polar surface area (TPSA) is 109 Å². The number of aromatic nitrogens is 1. The molecule has 0 bridgehead atoms. The van der Waals surface area contributed by atoms with E-state index >= 15 is 0 Å². The van der Waals surface area contributed by atoms with Gasteiger partial charge in [0, 0.05) is 43.2 Å². The van der Waals surface area contributed by atoms with Crippen LogP contribution < -0.4 is 11.1 Å². The fourth-order valence-corrected chi connectivity index (χ4v) is 6.98. The summed E-state index contributed by atoms with van der Waals surface area (Å²) in [5.41, 5.74) is 10.4. The molecule has 2 aliphatic rings. The molecule has 2 aromatic rings. The number of benzene rings is 1. The number of thiazole rings is 1. The second kappa shape index (κ2) is 10.8. The van der Waals surface area contributed by atoms with Gasteiger partial charge in [0.1, 0.15) is 5.01 Å². The van der Waals surface area contributed by atoms with Crippen LogP contribution in [0.1, 0.15) is 54.2 Å². The van der Waals surface area contributed by atoms with Crippen molar-refractivity contribution in [2.45, 2.75) is 39.2 Å². The van der Waals surface area contributed by atoms with E-state index in [9.17, 15) is 13.2 Å². The molecule has 8 nitrogen and oxygen atoms in total. The third kappa shape index (κ3) is 5.61. The number of nitrogens with zero attached hydrogens (tertiary/aromatic N) is 3. The standard InChI is InChI=1S/C25H35N5O3S2/c1-4-35(32,33)30-11-7-18(8-12-30)17(2)21-13-19(14-22(24(26)31)23(21)27-3)25-28-20(16-34-25)15-29-9-5-6-10-29/h13-14,16,18,27H,2,4-12,15H2,1,3H3,(H2,26,31). The summed E-state index contributed by atoms with van der Waals surface area (Å²) in [6.07, 6.45) is 3.85. The lowest BCUT2D eigenvalue weighted by Crippen LogP contribution is -2.39. The van der Waals surface area contributed by atoms with Gasteiger partial charge in [0.15, 0.2) is 0 Å². The lowest BCUT2D eigenvalue weighted by Gasteiger charge is -2.32. The Hall–Kier alpha value is -2.27. The van der Waals surface area contributed by atoms with Crippen LogP contribution >= 0.6 is 11.3 Å². The number of nitrogens with two attached hydrogens (primary N) is 1. The maximum absolute atomic E-state index is 12.4. The number of sulfonamides is 1. The van der Waals surface area contributed by atoms with E-state index in [2.05, 4.69) is 22.2 Å². The van der Waals surface area contributed by atoms with Gasteiger partial charge in [-0.1, -0.05) is 6.58 Å². The fourth-order valence-electron chi connectivity index (χ4n) is 5.05. The number of likely N-dealkylation sites (tertiary alicyclic amines) is 1. The first-order chi connectivity index (χ1) is 16.7. The molecule has 0 atom stereocenters. The number of piperidine rings is 1. The predicted molar refractivity (Wildman–Crippen MR) is 143 cm³/mol. The van der Waals surface area contributed by atoms with Gasteiger partial charge < -0.3 is 11.1 Å². The second-order valence-electron chi connectivity index (χ2n) is 9.29. The van der Waals surface area contributed by atoms with E-state index in [1.807, 2.05) is 6.07 Å². The van der Waals surface area contributed by atoms with Gasteiger partial charge in [0.25, 0.3) is 5.91 Å². The van der Waals surface area contributed by atoms with Crippen LogP contribution in [0.4, 0.5) is 5.69 Å². The third-order valence-corrected chi connectivity index (χ3v) is 9.91. The SMILES string of the molecule is C=C(c1cc(-c2nc(CN3CCCC3)cs2)cc(C(N)=O)c1NC)C1CCN(S(=O)(=O)CC)CC1. The number of allylic oxidation sites excluding steroid dienone is 1. The van der Waals surface area contributed by atoms with E-state index in [0.29, 0.717) is 37.2 Å². The summed E-state index contributed by atoms with van der Waals surface area (Å²) >= 11 is 1.57. The van der Waals surface area contributed by atoms with Crippen LogP contribution in [0.15, 0.2) is 24.1 Å². The molecule has 0 spiro atoms. The molecule has 4 rings (SSSR count). The van der Waals surface area contributed by atoms with Crippen molar-refractivity contribution in [3.05, 3.63) is 40.9 Å². The quantitative estimate of drug-likeness (QED) is 0.526. The van der Waals surface area contributed by atoms with Crippen LogP contribution in [0, 0.1) is 5.92 Å². The molecule has 1 aromatic heterocycles. The van der Waals surface area contributed by atoms with E-state index in [4.69, 9.17) is 10.7 Å². The molecule has 2 fully saturated rings. The minimum Gasteiger partial charge on any atom is -0.387 e. The first-order valence-corrected chi connectivity index (χ1v) is 14.7. The van der Waals surface area contributed by atoms with Crippen LogP contribution in [0.3, 0.4) is 0 Å². The van der Waals surface area contributed by atoms with Crippen LogP contribution in [0.5, 0.6) is 0 Å². The van der Waals surface area contributed by atoms with Gasteiger partial charge in [-0.2, -0.15) is 0 Å². The largest absolute Gasteiger partial charge is 0.387 e. The van der Waals surface area contributed by atoms with E-state index in [0.717, 1.165) is 47.0 Å². The van der Waals surface area contributed by atoms with Crippen molar-refractivity contribution in [3.8, 4) is 10.6 Å². The summed E-state index contributed by atoms with van der Waals surface area (Å²) in [7, 11) is -1.43. The van der Waals surface area contributed by atoms with Gasteiger partial charge >= 0.3 is 0 Å². The van der Waals surface area contributed by atoms with Crippen molar-refractivity contribution in [2.24, 2.45) is 11.7 Å². The Morgan fingerprint density at radius 1 is 1.20 bits per heavy atom. The predicted octanol–water partition coefficient (Wildman–Crippen LogP) is 3.62. The van der Waals surface area contributed by atoms with Crippen molar-refractivity contribution >= 4 is 38.5 Å². The van der Waals surface area contributed by atoms with Crippen molar-refractivity contribution in [3.63, 3.8) is 0 Å². The van der Waals surface area contributed by atoms with Crippen molar-refractivity contribution < 1.29 is 13.2 Å². The molecule has 3 N–H and O–H groups in total. The Morgan fingerprint density at radius 3 is 2.46 bits per heavy atom. The van der Waals surface area contributed by atoms with Crippen molar-refractivity contribution in [1.29, 1.82) is 0 Å². The highest BCUT2D eigenvalue weighted by atomic mass is 32.2. The minimum absolute atomic E-state index is 0.111. The number of nitrogens with one attached hydrogen (secondary N) is 1. The Kier molecular flexibility index (Phi) is 7.95. The first kappa shape index (κ1) is 25.8. The summed E-state index contributed by atoms with van der Waals surface area (Å²) in [6.45, 7) is 10.1. The zero-order valence-electron chi connectivity index (χ0n) is 20.5. The summed E-state index contributed by atoms with van der Waals surface area (Å²) < 4.78 is 26.1. The third-order valence-electron chi connectivity index (χ3n) is 7.09. The van der Waals surface area contributed by atoms with Gasteiger partial charge in [0.2, 0.25) is 10.0 Å². The molecule has 35 heavy (non-hydrogen) atoms. The van der Waals surface area contributed by atoms with Gasteiger partial charge in [-0.25, -0.2) is 17.7 Å². The second-order valence-corrected chi connectivity index (χ2v) is 12.4. The van der Waals surface area contributed by atoms with E-state index < -0.39 is 15.9 Å². The molecule has 3 heterocycles. The summed E-state index contributed by atoms with van der Waals surface area (Å²) in [5.74, 6) is -0.286. The normalized spacial score (nSPS) is 18.1. The van der Waals surface area contributed by atoms with E-state index in [1.54, 1.807) is 35.7 Å². The molecular weight excluding hydrogens is 482 g/mol. The maximum Gasteiger partial charge on any atom is 0.250 e. The molecule has 0 saturated carbocycles. The molecule has 2 aliphatic heterocycles. The van der Waals surface area contributed by atoms with Crippen LogP contribution in [-0.4, -0.2) is 67.5 Å². The van der Waals surface area contributed by atoms with Crippen LogP contribution in [0.2, 0.25) is 0 Å². The summed E-state index contributed by atoms with van der Waals surface area (Å²) in [4.78, 5) is 19.7. The van der Waals surface area contributed by atoms with Gasteiger partial charge in [-0.3, -0.25) is 9.69 Å². The number of primary amides is 1. The summed E-state index contributed by atoms with van der Waals surface area (Å²) in [5, 5.41) is 6.08. The number of rotatable bonds is 9. The monoisotopic (exact) mass is 517 g/mol. The number of amides is 1. The average molecular weight is 518 g/mol. The number of carbonyl (C=O) groups excluding carboxylic acids is 1. The fraction of sp³-hybridized carbons (Fsp3) is 0.520. The highest BCUT2D eigenvalue weighted by Crippen LogP contribution is 2.39. The Balaban J connectivity index is 1.62. The average Bonchev–Trinajstić information content (AvgIpc) is 3.55. The highest BCUT2D eigenvalue weighted by Gasteiger charge is 2.30. The Morgan fingerprint density at radius 2 is 1.86 bits per heavy atom. The molecule has 0 radical (unpaired) electrons. The number of carbonyl (C=O) groups is 1. The maximum atomic E-state index is 12.4. The lowest BCUT2D eigenvalue weighted by atomic mass is 9.84. The zero-order chi connectivity index (χ0) is 25.2. The number of anilines is 1. The summed E-state index contributed by atoms with van der Waals surface area (Å²) in [6, 6.07) is 3.84. The molecule has 10 heteroatoms. The lowest BCUT2D eigenvalue weighted by molar-refractivity contribution is 0.100. The number of hydrogen-bond donors (Lipinski definition) is 2.